The number of nitrogens with two attached hydrogens (primary N) is 1. The van der Waals surface area contributed by atoms with Gasteiger partial charge in [-0.05, 0) is 25.3 Å². The number of benzene rings is 1. The molecule has 0 unspecified atom stereocenters. The molecule has 1 aliphatic heterocycles. The lowest BCUT2D eigenvalue weighted by Crippen LogP contribution is -2.44. The van der Waals surface area contributed by atoms with Gasteiger partial charge in [-0.3, -0.25) is 4.79 Å². The first-order chi connectivity index (χ1) is 12.4. The smallest absolute Gasteiger partial charge is 0.341 e. The van der Waals surface area contributed by atoms with E-state index in [2.05, 4.69) is 5.32 Å². The van der Waals surface area contributed by atoms with E-state index in [1.165, 1.54) is 6.20 Å². The van der Waals surface area contributed by atoms with Gasteiger partial charge in [0.2, 0.25) is 5.43 Å². The Hall–Kier alpha value is -2.61. The van der Waals surface area contributed by atoms with Crippen molar-refractivity contribution in [2.75, 3.05) is 36.8 Å². The van der Waals surface area contributed by atoms with Crippen LogP contribution in [0.1, 0.15) is 34.8 Å². The van der Waals surface area contributed by atoms with Crippen LogP contribution in [-0.4, -0.2) is 41.8 Å². The minimum atomic E-state index is -1.32. The van der Waals surface area contributed by atoms with E-state index in [1.807, 2.05) is 4.90 Å². The number of nitrogens with zero attached hydrogens (tertiary/aromatic N) is 2. The largest absolute Gasteiger partial charge is 0.477 e. The summed E-state index contributed by atoms with van der Waals surface area (Å²) in [6.07, 6.45) is 2.92. The van der Waals surface area contributed by atoms with Gasteiger partial charge in [-0.2, -0.15) is 0 Å². The van der Waals surface area contributed by atoms with Gasteiger partial charge in [0.05, 0.1) is 22.3 Å². The third kappa shape index (κ3) is 2.44. The quantitative estimate of drug-likeness (QED) is 0.717. The van der Waals surface area contributed by atoms with E-state index in [1.54, 1.807) is 11.5 Å². The molecule has 1 saturated carbocycles. The van der Waals surface area contributed by atoms with Crippen LogP contribution in [0.4, 0.5) is 15.8 Å². The summed E-state index contributed by atoms with van der Waals surface area (Å²) in [5.74, 6) is -1.82. The molecule has 0 atom stereocenters. The molecular weight excluding hydrogens is 339 g/mol. The molecule has 0 bridgehead atoms. The summed E-state index contributed by atoms with van der Waals surface area (Å²) in [4.78, 5) is 26.1. The zero-order chi connectivity index (χ0) is 18.6. The fourth-order valence-corrected chi connectivity index (χ4v) is 3.76. The van der Waals surface area contributed by atoms with Crippen molar-refractivity contribution in [3.63, 3.8) is 0 Å². The molecule has 0 spiro atoms. The van der Waals surface area contributed by atoms with E-state index in [0.29, 0.717) is 24.3 Å². The number of rotatable bonds is 3. The van der Waals surface area contributed by atoms with E-state index in [-0.39, 0.29) is 28.2 Å². The van der Waals surface area contributed by atoms with Gasteiger partial charge >= 0.3 is 5.97 Å². The maximum Gasteiger partial charge on any atom is 0.341 e. The number of anilines is 2. The fourth-order valence-electron chi connectivity index (χ4n) is 3.76. The number of hydrogen-bond acceptors (Lipinski definition) is 5. The number of pyridine rings is 1. The minimum Gasteiger partial charge on any atom is -0.477 e. The van der Waals surface area contributed by atoms with Crippen LogP contribution in [0.3, 0.4) is 0 Å². The van der Waals surface area contributed by atoms with Gasteiger partial charge in [0.1, 0.15) is 5.56 Å². The molecule has 4 rings (SSSR count). The number of nitrogen functional groups attached to an aromatic ring is 1. The summed E-state index contributed by atoms with van der Waals surface area (Å²) in [7, 11) is 0. The van der Waals surface area contributed by atoms with Gasteiger partial charge in [-0.1, -0.05) is 0 Å². The number of carboxylic acid groups (broad SMARTS) is 1. The number of nitrogens with one attached hydrogen (secondary N) is 1. The molecule has 2 fully saturated rings. The Morgan fingerprint density at radius 3 is 2.58 bits per heavy atom. The maximum absolute atomic E-state index is 15.6. The summed E-state index contributed by atoms with van der Waals surface area (Å²) in [6.45, 7) is 4.45. The number of aromatic nitrogens is 1. The molecule has 2 heterocycles. The molecule has 138 valence electrons. The fraction of sp³-hybridized carbons (Fsp3) is 0.444. The van der Waals surface area contributed by atoms with Crippen molar-refractivity contribution in [2.45, 2.75) is 25.8 Å². The van der Waals surface area contributed by atoms with Crippen molar-refractivity contribution in [3.05, 3.63) is 33.4 Å². The highest BCUT2D eigenvalue weighted by Crippen LogP contribution is 2.41. The first-order valence-electron chi connectivity index (χ1n) is 8.77. The van der Waals surface area contributed by atoms with Crippen molar-refractivity contribution >= 4 is 28.2 Å². The lowest BCUT2D eigenvalue weighted by atomic mass is 10.0. The Morgan fingerprint density at radius 1 is 1.35 bits per heavy atom. The molecule has 26 heavy (non-hydrogen) atoms. The van der Waals surface area contributed by atoms with E-state index in [0.717, 1.165) is 25.9 Å². The standard InChI is InChI=1S/C18H21FN4O3/c1-9-14(20)12-16(13(19)15(9)22-6-4-21-5-7-22)23(10-2-3-10)8-11(17(12)24)18(25)26/h8,10,21H,2-7,20H2,1H3,(H,25,26). The van der Waals surface area contributed by atoms with Crippen LogP contribution in [-0.2, 0) is 0 Å². The van der Waals surface area contributed by atoms with Crippen LogP contribution >= 0.6 is 0 Å². The van der Waals surface area contributed by atoms with Crippen molar-refractivity contribution < 1.29 is 14.3 Å². The van der Waals surface area contributed by atoms with Crippen molar-refractivity contribution in [1.29, 1.82) is 0 Å². The number of aromatic carboxylic acids is 1. The number of hydrogen-bond donors (Lipinski definition) is 3. The Balaban J connectivity index is 2.09. The molecule has 0 radical (unpaired) electrons. The SMILES string of the molecule is Cc1c(N2CCNCC2)c(F)c2c(c1N)c(=O)c(C(=O)O)cn2C1CC1. The molecule has 8 heteroatoms. The Kier molecular flexibility index (Phi) is 3.87. The normalized spacial score (nSPS) is 17.7. The number of carbonyl (C=O) groups is 1. The molecule has 2 aliphatic rings. The summed E-state index contributed by atoms with van der Waals surface area (Å²) < 4.78 is 17.2. The van der Waals surface area contributed by atoms with Gasteiger partial charge < -0.3 is 25.6 Å². The molecule has 1 aromatic heterocycles. The molecule has 1 saturated heterocycles. The van der Waals surface area contributed by atoms with Crippen molar-refractivity contribution in [1.82, 2.24) is 9.88 Å². The van der Waals surface area contributed by atoms with Gasteiger partial charge in [-0.15, -0.1) is 0 Å². The summed E-state index contributed by atoms with van der Waals surface area (Å²) in [5.41, 5.74) is 6.33. The molecule has 1 aromatic carbocycles. The van der Waals surface area contributed by atoms with Gasteiger partial charge in [0.25, 0.3) is 0 Å². The van der Waals surface area contributed by atoms with Crippen LogP contribution in [0.15, 0.2) is 11.0 Å². The van der Waals surface area contributed by atoms with Crippen LogP contribution < -0.4 is 21.4 Å². The lowest BCUT2D eigenvalue weighted by Gasteiger charge is -2.32. The van der Waals surface area contributed by atoms with Crippen LogP contribution in [0, 0.1) is 12.7 Å². The number of carboxylic acids is 1. The number of halogens is 1. The van der Waals surface area contributed by atoms with Crippen molar-refractivity contribution in [2.24, 2.45) is 0 Å². The van der Waals surface area contributed by atoms with E-state index < -0.39 is 17.2 Å². The molecule has 1 aliphatic carbocycles. The van der Waals surface area contributed by atoms with E-state index in [9.17, 15) is 14.7 Å². The van der Waals surface area contributed by atoms with Crippen molar-refractivity contribution in [3.8, 4) is 0 Å². The molecule has 7 nitrogen and oxygen atoms in total. The summed E-state index contributed by atoms with van der Waals surface area (Å²) in [6, 6.07) is 0.00341. The average Bonchev–Trinajstić information content (AvgIpc) is 3.45. The predicted molar refractivity (Wildman–Crippen MR) is 97.6 cm³/mol. The molecule has 0 amide bonds. The zero-order valence-electron chi connectivity index (χ0n) is 14.5. The highest BCUT2D eigenvalue weighted by Gasteiger charge is 2.31. The van der Waals surface area contributed by atoms with Gasteiger partial charge in [-0.25, -0.2) is 9.18 Å². The molecular formula is C18H21FN4O3. The lowest BCUT2D eigenvalue weighted by molar-refractivity contribution is 0.0695. The second kappa shape index (κ2) is 5.98. The van der Waals surface area contributed by atoms with Gasteiger partial charge in [0, 0.05) is 38.4 Å². The number of fused-ring (bicyclic) bond motifs is 1. The zero-order valence-corrected chi connectivity index (χ0v) is 14.5. The molecule has 4 N–H and O–H groups in total. The highest BCUT2D eigenvalue weighted by atomic mass is 19.1. The van der Waals surface area contributed by atoms with Gasteiger partial charge in [0.15, 0.2) is 5.82 Å². The first-order valence-corrected chi connectivity index (χ1v) is 8.77. The van der Waals surface area contributed by atoms with Crippen LogP contribution in [0.5, 0.6) is 0 Å². The average molecular weight is 360 g/mol. The Labute approximate surface area is 149 Å². The molecule has 2 aromatic rings. The third-order valence-corrected chi connectivity index (χ3v) is 5.28. The van der Waals surface area contributed by atoms with E-state index in [4.69, 9.17) is 5.73 Å². The third-order valence-electron chi connectivity index (χ3n) is 5.28. The van der Waals surface area contributed by atoms with E-state index >= 15 is 4.39 Å². The summed E-state index contributed by atoms with van der Waals surface area (Å²) in [5, 5.41) is 12.6. The summed E-state index contributed by atoms with van der Waals surface area (Å²) >= 11 is 0. The second-order valence-electron chi connectivity index (χ2n) is 6.98. The topological polar surface area (TPSA) is 101 Å². The first kappa shape index (κ1) is 16.8. The minimum absolute atomic E-state index is 0.00341. The maximum atomic E-state index is 15.6. The second-order valence-corrected chi connectivity index (χ2v) is 6.98. The van der Waals surface area contributed by atoms with Crippen LogP contribution in [0.2, 0.25) is 0 Å². The Morgan fingerprint density at radius 2 is 2.00 bits per heavy atom. The predicted octanol–water partition coefficient (Wildman–Crippen LogP) is 1.47. The Bertz CT molecular complexity index is 975. The highest BCUT2D eigenvalue weighted by molar-refractivity contribution is 6.01. The monoisotopic (exact) mass is 360 g/mol. The number of piperazine rings is 1. The van der Waals surface area contributed by atoms with Crippen LogP contribution in [0.25, 0.3) is 10.9 Å².